The molecule has 4 aromatic rings. The van der Waals surface area contributed by atoms with Gasteiger partial charge in [0.05, 0.1) is 35.6 Å². The maximum atomic E-state index is 13.5. The van der Waals surface area contributed by atoms with Crippen LogP contribution in [0.1, 0.15) is 55.3 Å². The molecule has 0 saturated heterocycles. The van der Waals surface area contributed by atoms with Crippen molar-refractivity contribution >= 4 is 29.1 Å². The Balaban J connectivity index is 1.37. The first-order valence-electron chi connectivity index (χ1n) is 12.7. The molecule has 1 amide bonds. The molecule has 3 atom stereocenters. The minimum Gasteiger partial charge on any atom is -0.356 e. The number of nitrogens with one attached hydrogen (secondary N) is 1. The third-order valence-electron chi connectivity index (χ3n) is 7.27. The zero-order valence-electron chi connectivity index (χ0n) is 20.4. The van der Waals surface area contributed by atoms with Crippen LogP contribution in [0, 0.1) is 5.92 Å². The van der Waals surface area contributed by atoms with E-state index in [0.717, 1.165) is 43.4 Å². The molecule has 2 aliphatic rings. The molecule has 1 aliphatic carbocycles. The van der Waals surface area contributed by atoms with Crippen LogP contribution in [-0.4, -0.2) is 42.0 Å². The first-order valence-corrected chi connectivity index (χ1v) is 13.4. The van der Waals surface area contributed by atoms with Crippen LogP contribution in [-0.2, 0) is 4.79 Å². The van der Waals surface area contributed by atoms with Crippen molar-refractivity contribution in [3.05, 3.63) is 86.9 Å². The Morgan fingerprint density at radius 1 is 0.974 bits per heavy atom. The van der Waals surface area contributed by atoms with Crippen LogP contribution in [0.4, 0.5) is 0 Å². The van der Waals surface area contributed by atoms with Gasteiger partial charge in [0.2, 0.25) is 5.91 Å². The molecular formula is C27H25Cl2N7O2. The van der Waals surface area contributed by atoms with Gasteiger partial charge in [-0.1, -0.05) is 41.3 Å². The SMILES string of the molecule is O=C1NCCCCC[C@H](n2cnc(-c3cc(Cl)ccc3-n3cc(Cl)nn3)cc2=O)c2cc(ccn2)[C@H]2C[C@@H]12. The summed E-state index contributed by atoms with van der Waals surface area (Å²) in [7, 11) is 0. The van der Waals surface area contributed by atoms with Gasteiger partial charge in [-0.25, -0.2) is 9.67 Å². The average molecular weight is 550 g/mol. The Hall–Kier alpha value is -3.56. The molecule has 1 aliphatic heterocycles. The topological polar surface area (TPSA) is 108 Å². The zero-order valence-corrected chi connectivity index (χ0v) is 21.9. The van der Waals surface area contributed by atoms with Crippen molar-refractivity contribution in [1.29, 1.82) is 0 Å². The first-order chi connectivity index (χ1) is 18.5. The van der Waals surface area contributed by atoms with Crippen molar-refractivity contribution < 1.29 is 4.79 Å². The van der Waals surface area contributed by atoms with E-state index >= 15 is 0 Å². The summed E-state index contributed by atoms with van der Waals surface area (Å²) in [5.41, 5.74) is 3.46. The van der Waals surface area contributed by atoms with Crippen molar-refractivity contribution in [3.63, 3.8) is 0 Å². The Morgan fingerprint density at radius 2 is 1.87 bits per heavy atom. The van der Waals surface area contributed by atoms with Crippen LogP contribution in [0.5, 0.6) is 0 Å². The predicted molar refractivity (Wildman–Crippen MR) is 144 cm³/mol. The third kappa shape index (κ3) is 4.96. The van der Waals surface area contributed by atoms with Gasteiger partial charge >= 0.3 is 0 Å². The van der Waals surface area contributed by atoms with Gasteiger partial charge in [0.15, 0.2) is 5.15 Å². The van der Waals surface area contributed by atoms with Crippen LogP contribution in [0.2, 0.25) is 10.2 Å². The molecule has 194 valence electrons. The minimum atomic E-state index is -0.265. The largest absolute Gasteiger partial charge is 0.356 e. The first kappa shape index (κ1) is 24.8. The zero-order chi connectivity index (χ0) is 26.2. The van der Waals surface area contributed by atoms with Crippen molar-refractivity contribution in [2.45, 2.75) is 44.1 Å². The molecule has 1 saturated carbocycles. The van der Waals surface area contributed by atoms with E-state index in [-0.39, 0.29) is 34.5 Å². The van der Waals surface area contributed by atoms with Crippen LogP contribution in [0.3, 0.4) is 0 Å². The maximum absolute atomic E-state index is 13.5. The fraction of sp³-hybridized carbons (Fsp3) is 0.333. The molecule has 6 rings (SSSR count). The molecule has 4 heterocycles. The number of carbonyl (C=O) groups is 1. The standard InChI is InChI=1S/C27H25Cl2N7O2/c28-17-5-6-23(36-14-25(29)33-34-36)20(11-17)21-13-26(37)35(15-32-21)24-4-2-1-3-8-31-27(38)19-12-18(19)16-7-9-30-22(24)10-16/h5-7,9-11,13-15,18-19,24H,1-4,8,12H2,(H,31,38)/t18-,19-,24+/m1/s1. The Bertz CT molecular complexity index is 1570. The number of hydrogen-bond donors (Lipinski definition) is 1. The maximum Gasteiger partial charge on any atom is 0.254 e. The third-order valence-corrected chi connectivity index (χ3v) is 7.68. The summed E-state index contributed by atoms with van der Waals surface area (Å²) in [5.74, 6) is 0.343. The lowest BCUT2D eigenvalue weighted by molar-refractivity contribution is -0.122. The summed E-state index contributed by atoms with van der Waals surface area (Å²) >= 11 is 12.3. The van der Waals surface area contributed by atoms with Crippen LogP contribution in [0.25, 0.3) is 16.9 Å². The number of aromatic nitrogens is 6. The number of benzene rings is 1. The normalized spacial score (nSPS) is 21.4. The quantitative estimate of drug-likeness (QED) is 0.400. The number of halogens is 2. The molecular weight excluding hydrogens is 525 g/mol. The molecule has 0 spiro atoms. The van der Waals surface area contributed by atoms with Gasteiger partial charge in [-0.3, -0.25) is 19.1 Å². The Kier molecular flexibility index (Phi) is 6.71. The molecule has 9 nitrogen and oxygen atoms in total. The van der Waals surface area contributed by atoms with Gasteiger partial charge in [-0.2, -0.15) is 0 Å². The number of amides is 1. The number of hydrogen-bond acceptors (Lipinski definition) is 6. The van der Waals surface area contributed by atoms with Gasteiger partial charge in [-0.15, -0.1) is 5.10 Å². The number of nitrogens with zero attached hydrogens (tertiary/aromatic N) is 6. The van der Waals surface area contributed by atoms with E-state index < -0.39 is 0 Å². The Morgan fingerprint density at radius 3 is 2.68 bits per heavy atom. The van der Waals surface area contributed by atoms with E-state index in [0.29, 0.717) is 28.5 Å². The van der Waals surface area contributed by atoms with Crippen LogP contribution in [0.15, 0.2) is 59.9 Å². The van der Waals surface area contributed by atoms with Crippen molar-refractivity contribution in [3.8, 4) is 16.9 Å². The van der Waals surface area contributed by atoms with Crippen molar-refractivity contribution in [2.24, 2.45) is 5.92 Å². The van der Waals surface area contributed by atoms with E-state index in [1.54, 1.807) is 41.5 Å². The molecule has 11 heteroatoms. The number of carbonyl (C=O) groups excluding carboxylic acids is 1. The van der Waals surface area contributed by atoms with Crippen molar-refractivity contribution in [1.82, 2.24) is 34.8 Å². The second-order valence-electron chi connectivity index (χ2n) is 9.79. The molecule has 2 bridgehead atoms. The summed E-state index contributed by atoms with van der Waals surface area (Å²) in [5, 5.41) is 11.7. The smallest absolute Gasteiger partial charge is 0.254 e. The predicted octanol–water partition coefficient (Wildman–Crippen LogP) is 4.58. The fourth-order valence-electron chi connectivity index (χ4n) is 5.21. The van der Waals surface area contributed by atoms with E-state index in [4.69, 9.17) is 23.2 Å². The number of rotatable bonds is 3. The lowest BCUT2D eigenvalue weighted by atomic mass is 10.0. The van der Waals surface area contributed by atoms with Gasteiger partial charge in [0.1, 0.15) is 0 Å². The molecule has 0 unspecified atom stereocenters. The second kappa shape index (κ2) is 10.3. The van der Waals surface area contributed by atoms with Crippen molar-refractivity contribution in [2.75, 3.05) is 6.54 Å². The highest BCUT2D eigenvalue weighted by atomic mass is 35.5. The highest BCUT2D eigenvalue weighted by molar-refractivity contribution is 6.31. The molecule has 0 radical (unpaired) electrons. The van der Waals surface area contributed by atoms with Gasteiger partial charge in [0.25, 0.3) is 5.56 Å². The number of fused-ring (bicyclic) bond motifs is 4. The van der Waals surface area contributed by atoms with E-state index in [1.807, 2.05) is 12.1 Å². The summed E-state index contributed by atoms with van der Waals surface area (Å²) < 4.78 is 3.18. The second-order valence-corrected chi connectivity index (χ2v) is 10.6. The molecule has 1 fully saturated rings. The number of pyridine rings is 1. The van der Waals surface area contributed by atoms with Gasteiger partial charge in [-0.05, 0) is 61.1 Å². The van der Waals surface area contributed by atoms with E-state index in [1.165, 1.54) is 10.7 Å². The van der Waals surface area contributed by atoms with Crippen LogP contribution >= 0.6 is 23.2 Å². The molecule has 3 aromatic heterocycles. The summed E-state index contributed by atoms with van der Waals surface area (Å²) in [6.07, 6.45) is 9.24. The highest BCUT2D eigenvalue weighted by Crippen LogP contribution is 2.48. The van der Waals surface area contributed by atoms with Crippen LogP contribution < -0.4 is 10.9 Å². The Labute approximate surface area is 228 Å². The van der Waals surface area contributed by atoms with E-state index in [9.17, 15) is 9.59 Å². The molecule has 38 heavy (non-hydrogen) atoms. The molecule has 1 N–H and O–H groups in total. The molecule has 1 aromatic carbocycles. The van der Waals surface area contributed by atoms with E-state index in [2.05, 4.69) is 25.6 Å². The highest BCUT2D eigenvalue weighted by Gasteiger charge is 2.44. The minimum absolute atomic E-state index is 0.0138. The van der Waals surface area contributed by atoms with Gasteiger partial charge < -0.3 is 5.32 Å². The monoisotopic (exact) mass is 549 g/mol. The summed E-state index contributed by atoms with van der Waals surface area (Å²) in [4.78, 5) is 35.3. The summed E-state index contributed by atoms with van der Waals surface area (Å²) in [6, 6.07) is 10.5. The lowest BCUT2D eigenvalue weighted by Gasteiger charge is -2.20. The summed E-state index contributed by atoms with van der Waals surface area (Å²) in [6.45, 7) is 0.678. The lowest BCUT2D eigenvalue weighted by Crippen LogP contribution is -2.26. The average Bonchev–Trinajstić information content (AvgIpc) is 3.61. The fourth-order valence-corrected chi connectivity index (χ4v) is 5.51. The van der Waals surface area contributed by atoms with Gasteiger partial charge in [0, 0.05) is 35.3 Å².